The molecule has 0 radical (unpaired) electrons. The van der Waals surface area contributed by atoms with Gasteiger partial charge in [0.2, 0.25) is 0 Å². The molecule has 0 aliphatic carbocycles. The number of hydrogen-bond acceptors (Lipinski definition) is 4. The van der Waals surface area contributed by atoms with Crippen LogP contribution in [0.2, 0.25) is 0 Å². The number of rotatable bonds is 3. The van der Waals surface area contributed by atoms with Crippen LogP contribution in [0.5, 0.6) is 0 Å². The van der Waals surface area contributed by atoms with Gasteiger partial charge >= 0.3 is 0 Å². The van der Waals surface area contributed by atoms with E-state index in [0.717, 1.165) is 25.9 Å². The third kappa shape index (κ3) is 2.68. The summed E-state index contributed by atoms with van der Waals surface area (Å²) in [5, 5.41) is 0. The molecule has 0 spiro atoms. The van der Waals surface area contributed by atoms with Gasteiger partial charge in [0.1, 0.15) is 5.76 Å². The van der Waals surface area contributed by atoms with Crippen molar-refractivity contribution in [2.45, 2.75) is 25.5 Å². The molecule has 0 unspecified atom stereocenters. The maximum absolute atomic E-state index is 12.1. The fourth-order valence-electron chi connectivity index (χ4n) is 2.05. The van der Waals surface area contributed by atoms with Gasteiger partial charge in [0.05, 0.1) is 12.6 Å². The Morgan fingerprint density at radius 1 is 1.53 bits per heavy atom. The fourth-order valence-corrected chi connectivity index (χ4v) is 2.05. The zero-order valence-electron chi connectivity index (χ0n) is 10.0. The predicted octanol–water partition coefficient (Wildman–Crippen LogP) is 0.989. The Morgan fingerprint density at radius 2 is 2.24 bits per heavy atom. The van der Waals surface area contributed by atoms with Gasteiger partial charge in [-0.25, -0.2) is 0 Å². The number of ether oxygens (including phenoxy) is 1. The van der Waals surface area contributed by atoms with Gasteiger partial charge in [-0.05, 0) is 25.0 Å². The van der Waals surface area contributed by atoms with E-state index >= 15 is 0 Å². The minimum Gasteiger partial charge on any atom is -0.455 e. The van der Waals surface area contributed by atoms with E-state index in [1.165, 1.54) is 0 Å². The van der Waals surface area contributed by atoms with E-state index in [2.05, 4.69) is 0 Å². The zero-order chi connectivity index (χ0) is 12.3. The molecule has 2 heterocycles. The van der Waals surface area contributed by atoms with Gasteiger partial charge in [0, 0.05) is 20.2 Å². The largest absolute Gasteiger partial charge is 0.455 e. The zero-order valence-corrected chi connectivity index (χ0v) is 10.0. The molecule has 1 aliphatic rings. The average molecular weight is 238 g/mol. The quantitative estimate of drug-likeness (QED) is 0.852. The van der Waals surface area contributed by atoms with Crippen molar-refractivity contribution in [2.24, 2.45) is 5.73 Å². The molecule has 0 aromatic carbocycles. The van der Waals surface area contributed by atoms with E-state index in [-0.39, 0.29) is 12.0 Å². The van der Waals surface area contributed by atoms with Crippen LogP contribution in [0.4, 0.5) is 0 Å². The summed E-state index contributed by atoms with van der Waals surface area (Å²) in [5.74, 6) is 0.959. The highest BCUT2D eigenvalue weighted by molar-refractivity contribution is 5.91. The van der Waals surface area contributed by atoms with Crippen molar-refractivity contribution in [1.29, 1.82) is 0 Å². The second kappa shape index (κ2) is 5.33. The fraction of sp³-hybridized carbons (Fsp3) is 0.583. The molecule has 2 N–H and O–H groups in total. The van der Waals surface area contributed by atoms with Crippen molar-refractivity contribution in [3.63, 3.8) is 0 Å². The number of nitrogens with two attached hydrogens (primary N) is 1. The van der Waals surface area contributed by atoms with E-state index in [1.807, 2.05) is 0 Å². The van der Waals surface area contributed by atoms with Crippen molar-refractivity contribution in [2.75, 3.05) is 20.2 Å². The molecule has 5 heteroatoms. The van der Waals surface area contributed by atoms with Crippen LogP contribution in [0.1, 0.15) is 29.2 Å². The first-order chi connectivity index (χ1) is 8.24. The molecule has 0 saturated carbocycles. The van der Waals surface area contributed by atoms with Gasteiger partial charge in [-0.15, -0.1) is 0 Å². The minimum atomic E-state index is -0.0562. The highest BCUT2D eigenvalue weighted by atomic mass is 16.5. The van der Waals surface area contributed by atoms with Gasteiger partial charge in [-0.1, -0.05) is 0 Å². The average Bonchev–Trinajstić information content (AvgIpc) is 2.87. The molecule has 2 rings (SSSR count). The van der Waals surface area contributed by atoms with Gasteiger partial charge in [0.25, 0.3) is 5.91 Å². The number of amides is 1. The van der Waals surface area contributed by atoms with Crippen LogP contribution in [0.25, 0.3) is 0 Å². The summed E-state index contributed by atoms with van der Waals surface area (Å²) in [4.78, 5) is 13.9. The molecule has 5 nitrogen and oxygen atoms in total. The Balaban J connectivity index is 1.96. The van der Waals surface area contributed by atoms with Crippen molar-refractivity contribution in [3.8, 4) is 0 Å². The third-order valence-corrected chi connectivity index (χ3v) is 3.14. The van der Waals surface area contributed by atoms with E-state index < -0.39 is 0 Å². The second-order valence-corrected chi connectivity index (χ2v) is 4.20. The number of carbonyl (C=O) groups is 1. The second-order valence-electron chi connectivity index (χ2n) is 4.20. The molecule has 1 amide bonds. The van der Waals surface area contributed by atoms with Crippen LogP contribution >= 0.6 is 0 Å². The lowest BCUT2D eigenvalue weighted by molar-refractivity contribution is 0.0333. The highest BCUT2D eigenvalue weighted by Gasteiger charge is 2.25. The first kappa shape index (κ1) is 12.1. The molecular formula is C12H18N2O3. The van der Waals surface area contributed by atoms with Crippen molar-refractivity contribution >= 4 is 5.91 Å². The summed E-state index contributed by atoms with van der Waals surface area (Å²) in [6.45, 7) is 1.75. The molecule has 1 aliphatic heterocycles. The lowest BCUT2D eigenvalue weighted by Gasteiger charge is -2.30. The normalized spacial score (nSPS) is 17.4. The Hall–Kier alpha value is -1.33. The number of piperidine rings is 1. The highest BCUT2D eigenvalue weighted by Crippen LogP contribution is 2.17. The number of methoxy groups -OCH3 is 1. The molecule has 1 fully saturated rings. The molecule has 1 aromatic rings. The van der Waals surface area contributed by atoms with E-state index in [9.17, 15) is 4.79 Å². The third-order valence-electron chi connectivity index (χ3n) is 3.14. The van der Waals surface area contributed by atoms with Crippen LogP contribution in [0, 0.1) is 0 Å². The predicted molar refractivity (Wildman–Crippen MR) is 62.5 cm³/mol. The minimum absolute atomic E-state index is 0.0562. The van der Waals surface area contributed by atoms with E-state index in [0.29, 0.717) is 18.1 Å². The molecule has 0 bridgehead atoms. The Kier molecular flexibility index (Phi) is 3.81. The van der Waals surface area contributed by atoms with Crippen molar-refractivity contribution in [1.82, 2.24) is 4.90 Å². The molecule has 17 heavy (non-hydrogen) atoms. The molecular weight excluding hydrogens is 220 g/mol. The maximum atomic E-state index is 12.1. The molecule has 94 valence electrons. The van der Waals surface area contributed by atoms with Gasteiger partial charge in [0.15, 0.2) is 5.76 Å². The summed E-state index contributed by atoms with van der Waals surface area (Å²) < 4.78 is 10.6. The smallest absolute Gasteiger partial charge is 0.289 e. The first-order valence-corrected chi connectivity index (χ1v) is 5.85. The van der Waals surface area contributed by atoms with Gasteiger partial charge in [-0.3, -0.25) is 4.79 Å². The summed E-state index contributed by atoms with van der Waals surface area (Å²) in [6.07, 6.45) is 2.04. The molecule has 0 atom stereocenters. The maximum Gasteiger partial charge on any atom is 0.289 e. The Labute approximate surface area is 101 Å². The number of furan rings is 1. The van der Waals surface area contributed by atoms with Crippen LogP contribution in [0.15, 0.2) is 16.5 Å². The van der Waals surface area contributed by atoms with Gasteiger partial charge in [-0.2, -0.15) is 0 Å². The molecule has 1 aromatic heterocycles. The van der Waals surface area contributed by atoms with Crippen molar-refractivity contribution in [3.05, 3.63) is 23.7 Å². The topological polar surface area (TPSA) is 68.7 Å². The van der Waals surface area contributed by atoms with E-state index in [1.54, 1.807) is 24.1 Å². The summed E-state index contributed by atoms with van der Waals surface area (Å²) in [6, 6.07) is 3.43. The SMILES string of the molecule is COC1CCN(C(=O)c2ccc(CN)o2)CC1. The van der Waals surface area contributed by atoms with Crippen molar-refractivity contribution < 1.29 is 13.9 Å². The number of hydrogen-bond donors (Lipinski definition) is 1. The number of likely N-dealkylation sites (tertiary alicyclic amines) is 1. The van der Waals surface area contributed by atoms with Crippen LogP contribution in [-0.4, -0.2) is 37.1 Å². The lowest BCUT2D eigenvalue weighted by Crippen LogP contribution is -2.40. The Morgan fingerprint density at radius 3 is 2.76 bits per heavy atom. The first-order valence-electron chi connectivity index (χ1n) is 5.85. The standard InChI is InChI=1S/C12H18N2O3/c1-16-9-4-6-14(7-5-9)12(15)11-3-2-10(8-13)17-11/h2-3,9H,4-8,13H2,1H3. The Bertz CT molecular complexity index is 381. The molecule has 1 saturated heterocycles. The van der Waals surface area contributed by atoms with Crippen LogP contribution in [-0.2, 0) is 11.3 Å². The summed E-state index contributed by atoms with van der Waals surface area (Å²) in [7, 11) is 1.71. The number of carbonyl (C=O) groups excluding carboxylic acids is 1. The monoisotopic (exact) mass is 238 g/mol. The summed E-state index contributed by atoms with van der Waals surface area (Å²) in [5.41, 5.74) is 5.44. The van der Waals surface area contributed by atoms with Gasteiger partial charge < -0.3 is 19.8 Å². The van der Waals surface area contributed by atoms with Crippen LogP contribution in [0.3, 0.4) is 0 Å². The van der Waals surface area contributed by atoms with E-state index in [4.69, 9.17) is 14.9 Å². The van der Waals surface area contributed by atoms with Crippen LogP contribution < -0.4 is 5.73 Å². The number of nitrogens with zero attached hydrogens (tertiary/aromatic N) is 1. The summed E-state index contributed by atoms with van der Waals surface area (Å²) >= 11 is 0. The lowest BCUT2D eigenvalue weighted by atomic mass is 10.1.